The van der Waals surface area contributed by atoms with Crippen LogP contribution in [0.2, 0.25) is 0 Å². The summed E-state index contributed by atoms with van der Waals surface area (Å²) in [4.78, 5) is 0. The van der Waals surface area contributed by atoms with Crippen molar-refractivity contribution in [2.45, 2.75) is 0 Å². The van der Waals surface area contributed by atoms with Gasteiger partial charge in [0.1, 0.15) is 5.75 Å². The van der Waals surface area contributed by atoms with Gasteiger partial charge in [0.25, 0.3) is 0 Å². The molecule has 0 spiro atoms. The number of allylic oxidation sites excluding steroid dienone is 2. The standard InChI is InChI=1S/C10H10O/c1-2-3-6-9-7-4-5-8-10(9)11/h2-8,11H,1H2. The van der Waals surface area contributed by atoms with Gasteiger partial charge in [0.15, 0.2) is 0 Å². The summed E-state index contributed by atoms with van der Waals surface area (Å²) in [6.45, 7) is 3.54. The first-order valence-corrected chi connectivity index (χ1v) is 3.41. The Hall–Kier alpha value is -1.50. The van der Waals surface area contributed by atoms with Crippen molar-refractivity contribution in [3.8, 4) is 5.75 Å². The lowest BCUT2D eigenvalue weighted by Gasteiger charge is -1.95. The van der Waals surface area contributed by atoms with Crippen LogP contribution in [0.4, 0.5) is 0 Å². The third kappa shape index (κ3) is 1.97. The quantitative estimate of drug-likeness (QED) is 0.636. The maximum absolute atomic E-state index is 9.25. The summed E-state index contributed by atoms with van der Waals surface area (Å²) in [5.41, 5.74) is 0.812. The van der Waals surface area contributed by atoms with E-state index in [1.54, 1.807) is 24.3 Å². The maximum Gasteiger partial charge on any atom is 0.122 e. The summed E-state index contributed by atoms with van der Waals surface area (Å²) in [6, 6.07) is 7.17. The zero-order valence-corrected chi connectivity index (χ0v) is 6.20. The van der Waals surface area contributed by atoms with Crippen molar-refractivity contribution >= 4 is 6.08 Å². The number of phenols is 1. The summed E-state index contributed by atoms with van der Waals surface area (Å²) < 4.78 is 0. The summed E-state index contributed by atoms with van der Waals surface area (Å²) >= 11 is 0. The average molecular weight is 146 g/mol. The molecule has 0 fully saturated rings. The predicted molar refractivity (Wildman–Crippen MR) is 47.3 cm³/mol. The molecule has 1 aromatic rings. The minimum atomic E-state index is 0.297. The minimum Gasteiger partial charge on any atom is -0.507 e. The van der Waals surface area contributed by atoms with Gasteiger partial charge < -0.3 is 5.11 Å². The molecule has 0 unspecified atom stereocenters. The summed E-state index contributed by atoms with van der Waals surface area (Å²) in [5.74, 6) is 0.297. The minimum absolute atomic E-state index is 0.297. The first-order chi connectivity index (χ1) is 5.34. The van der Waals surface area contributed by atoms with E-state index in [4.69, 9.17) is 0 Å². The first kappa shape index (κ1) is 7.61. The number of phenolic OH excluding ortho intramolecular Hbond substituents is 1. The van der Waals surface area contributed by atoms with E-state index in [2.05, 4.69) is 6.58 Å². The van der Waals surface area contributed by atoms with E-state index in [0.717, 1.165) is 5.56 Å². The molecule has 11 heavy (non-hydrogen) atoms. The van der Waals surface area contributed by atoms with Crippen LogP contribution in [0.1, 0.15) is 5.56 Å². The number of aromatic hydroxyl groups is 1. The predicted octanol–water partition coefficient (Wildman–Crippen LogP) is 2.59. The van der Waals surface area contributed by atoms with Crippen LogP contribution in [0.3, 0.4) is 0 Å². The highest BCUT2D eigenvalue weighted by atomic mass is 16.3. The van der Waals surface area contributed by atoms with Crippen LogP contribution in [-0.2, 0) is 0 Å². The highest BCUT2D eigenvalue weighted by molar-refractivity contribution is 5.57. The molecule has 0 atom stereocenters. The normalized spacial score (nSPS) is 10.2. The third-order valence-electron chi connectivity index (χ3n) is 1.35. The smallest absolute Gasteiger partial charge is 0.122 e. The molecule has 1 nitrogen and oxygen atoms in total. The molecular formula is C10H10O. The zero-order chi connectivity index (χ0) is 8.10. The molecule has 0 aromatic heterocycles. The first-order valence-electron chi connectivity index (χ1n) is 3.41. The van der Waals surface area contributed by atoms with Crippen molar-refractivity contribution in [1.29, 1.82) is 0 Å². The van der Waals surface area contributed by atoms with Crippen LogP contribution < -0.4 is 0 Å². The Morgan fingerprint density at radius 3 is 2.64 bits per heavy atom. The fraction of sp³-hybridized carbons (Fsp3) is 0. The van der Waals surface area contributed by atoms with E-state index in [1.807, 2.05) is 18.2 Å². The molecule has 0 bridgehead atoms. The Labute approximate surface area is 66.3 Å². The Morgan fingerprint density at radius 2 is 2.00 bits per heavy atom. The Kier molecular flexibility index (Phi) is 2.50. The molecule has 0 aliphatic heterocycles. The lowest BCUT2D eigenvalue weighted by atomic mass is 10.2. The lowest BCUT2D eigenvalue weighted by Crippen LogP contribution is -1.71. The zero-order valence-electron chi connectivity index (χ0n) is 6.20. The topological polar surface area (TPSA) is 20.2 Å². The van der Waals surface area contributed by atoms with Crippen molar-refractivity contribution in [1.82, 2.24) is 0 Å². The molecule has 1 heteroatoms. The van der Waals surface area contributed by atoms with Crippen molar-refractivity contribution in [3.05, 3.63) is 48.6 Å². The van der Waals surface area contributed by atoms with Gasteiger partial charge in [-0.15, -0.1) is 0 Å². The second-order valence-corrected chi connectivity index (χ2v) is 2.15. The molecule has 0 aliphatic carbocycles. The van der Waals surface area contributed by atoms with Crippen LogP contribution >= 0.6 is 0 Å². The Morgan fingerprint density at radius 1 is 1.27 bits per heavy atom. The largest absolute Gasteiger partial charge is 0.507 e. The molecule has 0 heterocycles. The van der Waals surface area contributed by atoms with Crippen LogP contribution in [0.25, 0.3) is 6.08 Å². The fourth-order valence-corrected chi connectivity index (χ4v) is 0.800. The molecule has 0 aliphatic rings. The molecule has 56 valence electrons. The average Bonchev–Trinajstić information content (AvgIpc) is 2.03. The van der Waals surface area contributed by atoms with Crippen molar-refractivity contribution in [2.24, 2.45) is 0 Å². The van der Waals surface area contributed by atoms with Crippen LogP contribution in [0, 0.1) is 0 Å². The van der Waals surface area contributed by atoms with Crippen molar-refractivity contribution < 1.29 is 5.11 Å². The van der Waals surface area contributed by atoms with Crippen molar-refractivity contribution in [2.75, 3.05) is 0 Å². The van der Waals surface area contributed by atoms with E-state index in [0.29, 0.717) is 5.75 Å². The second kappa shape index (κ2) is 3.62. The number of hydrogen-bond acceptors (Lipinski definition) is 1. The van der Waals surface area contributed by atoms with Gasteiger partial charge in [0.05, 0.1) is 0 Å². The molecule has 1 rings (SSSR count). The molecule has 0 saturated carbocycles. The summed E-state index contributed by atoms with van der Waals surface area (Å²) in [5, 5.41) is 9.25. The van der Waals surface area contributed by atoms with Gasteiger partial charge in [0.2, 0.25) is 0 Å². The number of hydrogen-bond donors (Lipinski definition) is 1. The van der Waals surface area contributed by atoms with Crippen LogP contribution in [0.15, 0.2) is 43.0 Å². The summed E-state index contributed by atoms with van der Waals surface area (Å²) in [6.07, 6.45) is 5.27. The van der Waals surface area contributed by atoms with E-state index in [9.17, 15) is 5.11 Å². The van der Waals surface area contributed by atoms with Gasteiger partial charge in [-0.05, 0) is 6.07 Å². The molecule has 0 amide bonds. The highest BCUT2D eigenvalue weighted by Gasteiger charge is 1.91. The number of benzene rings is 1. The molecule has 1 aromatic carbocycles. The van der Waals surface area contributed by atoms with Gasteiger partial charge in [0, 0.05) is 5.56 Å². The Balaban J connectivity index is 2.94. The molecule has 0 radical (unpaired) electrons. The highest BCUT2D eigenvalue weighted by Crippen LogP contribution is 2.16. The van der Waals surface area contributed by atoms with E-state index in [-0.39, 0.29) is 0 Å². The van der Waals surface area contributed by atoms with Gasteiger partial charge in [-0.2, -0.15) is 0 Å². The van der Waals surface area contributed by atoms with Crippen LogP contribution in [-0.4, -0.2) is 5.11 Å². The van der Waals surface area contributed by atoms with E-state index >= 15 is 0 Å². The van der Waals surface area contributed by atoms with Gasteiger partial charge >= 0.3 is 0 Å². The molecular weight excluding hydrogens is 136 g/mol. The van der Waals surface area contributed by atoms with Crippen LogP contribution in [0.5, 0.6) is 5.75 Å². The van der Waals surface area contributed by atoms with Gasteiger partial charge in [-0.3, -0.25) is 0 Å². The van der Waals surface area contributed by atoms with Gasteiger partial charge in [-0.25, -0.2) is 0 Å². The number of para-hydroxylation sites is 1. The maximum atomic E-state index is 9.25. The number of rotatable bonds is 2. The third-order valence-corrected chi connectivity index (χ3v) is 1.35. The SMILES string of the molecule is C=CC=Cc1ccccc1O. The van der Waals surface area contributed by atoms with Crippen molar-refractivity contribution in [3.63, 3.8) is 0 Å². The molecule has 1 N–H and O–H groups in total. The fourth-order valence-electron chi connectivity index (χ4n) is 0.800. The summed E-state index contributed by atoms with van der Waals surface area (Å²) in [7, 11) is 0. The Bertz CT molecular complexity index is 274. The molecule has 0 saturated heterocycles. The second-order valence-electron chi connectivity index (χ2n) is 2.15. The van der Waals surface area contributed by atoms with Gasteiger partial charge in [-0.1, -0.05) is 43.0 Å². The lowest BCUT2D eigenvalue weighted by molar-refractivity contribution is 0.474. The van der Waals surface area contributed by atoms with E-state index in [1.165, 1.54) is 0 Å². The monoisotopic (exact) mass is 146 g/mol. The van der Waals surface area contributed by atoms with E-state index < -0.39 is 0 Å².